The Morgan fingerprint density at radius 1 is 1.20 bits per heavy atom. The third-order valence-corrected chi connectivity index (χ3v) is 5.45. The van der Waals surface area contributed by atoms with Crippen LogP contribution in [0, 0.1) is 0 Å². The number of nitrogens with zero attached hydrogens (tertiary/aromatic N) is 1. The zero-order valence-corrected chi connectivity index (χ0v) is 13.2. The molecule has 2 nitrogen and oxygen atoms in total. The summed E-state index contributed by atoms with van der Waals surface area (Å²) in [6.07, 6.45) is 5.44. The first-order valence-corrected chi connectivity index (χ1v) is 8.13. The van der Waals surface area contributed by atoms with Crippen molar-refractivity contribution in [3.63, 3.8) is 0 Å². The molecule has 2 fully saturated rings. The number of rotatable bonds is 3. The van der Waals surface area contributed by atoms with E-state index in [-0.39, 0.29) is 5.54 Å². The van der Waals surface area contributed by atoms with E-state index in [4.69, 9.17) is 0 Å². The van der Waals surface area contributed by atoms with Crippen LogP contribution in [0.4, 0.5) is 0 Å². The molecule has 1 aromatic rings. The van der Waals surface area contributed by atoms with E-state index in [0.29, 0.717) is 11.6 Å². The van der Waals surface area contributed by atoms with Crippen LogP contribution in [0.15, 0.2) is 30.3 Å². The molecule has 1 heterocycles. The summed E-state index contributed by atoms with van der Waals surface area (Å²) in [5.74, 6) is 0. The van der Waals surface area contributed by atoms with Crippen molar-refractivity contribution in [2.45, 2.75) is 63.6 Å². The first-order valence-electron chi connectivity index (χ1n) is 8.13. The van der Waals surface area contributed by atoms with E-state index >= 15 is 0 Å². The number of nitrogens with one attached hydrogen (secondary N) is 1. The molecule has 1 unspecified atom stereocenters. The van der Waals surface area contributed by atoms with Crippen molar-refractivity contribution in [1.29, 1.82) is 0 Å². The quantitative estimate of drug-likeness (QED) is 0.901. The van der Waals surface area contributed by atoms with E-state index in [1.807, 2.05) is 0 Å². The molecule has 1 aromatic carbocycles. The first-order chi connectivity index (χ1) is 9.56. The zero-order valence-electron chi connectivity index (χ0n) is 13.2. The van der Waals surface area contributed by atoms with Gasteiger partial charge in [0.05, 0.1) is 0 Å². The average Bonchev–Trinajstić information content (AvgIpc) is 2.38. The fraction of sp³-hybridized carbons (Fsp3) is 0.667. The Labute approximate surface area is 123 Å². The lowest BCUT2D eigenvalue weighted by Crippen LogP contribution is -2.66. The third kappa shape index (κ3) is 2.40. The van der Waals surface area contributed by atoms with Gasteiger partial charge in [-0.25, -0.2) is 0 Å². The minimum atomic E-state index is 0.225. The van der Waals surface area contributed by atoms with Crippen LogP contribution < -0.4 is 5.32 Å². The SMILES string of the molecule is CCC1(N2CC(C)(C)NCC2c2ccccc2)CCC1. The molecule has 1 saturated carbocycles. The van der Waals surface area contributed by atoms with Crippen LogP contribution in [0.3, 0.4) is 0 Å². The van der Waals surface area contributed by atoms with Crippen LogP contribution in [-0.4, -0.2) is 29.1 Å². The predicted molar refractivity (Wildman–Crippen MR) is 84.8 cm³/mol. The number of hydrogen-bond acceptors (Lipinski definition) is 2. The van der Waals surface area contributed by atoms with Gasteiger partial charge in [-0.1, -0.05) is 37.3 Å². The van der Waals surface area contributed by atoms with Crippen molar-refractivity contribution < 1.29 is 0 Å². The lowest BCUT2D eigenvalue weighted by atomic mass is 9.71. The number of hydrogen-bond donors (Lipinski definition) is 1. The summed E-state index contributed by atoms with van der Waals surface area (Å²) in [5, 5.41) is 3.74. The molecule has 0 aromatic heterocycles. The molecule has 0 spiro atoms. The highest BCUT2D eigenvalue weighted by Gasteiger charge is 2.47. The van der Waals surface area contributed by atoms with E-state index < -0.39 is 0 Å². The summed E-state index contributed by atoms with van der Waals surface area (Å²) in [4.78, 5) is 2.82. The van der Waals surface area contributed by atoms with E-state index in [1.54, 1.807) is 0 Å². The molecule has 1 atom stereocenters. The van der Waals surface area contributed by atoms with Gasteiger partial charge in [-0.3, -0.25) is 4.90 Å². The Morgan fingerprint density at radius 3 is 2.45 bits per heavy atom. The smallest absolute Gasteiger partial charge is 0.0479 e. The maximum atomic E-state index is 3.74. The lowest BCUT2D eigenvalue weighted by Gasteiger charge is -2.58. The fourth-order valence-electron chi connectivity index (χ4n) is 3.98. The molecular weight excluding hydrogens is 244 g/mol. The summed E-state index contributed by atoms with van der Waals surface area (Å²) >= 11 is 0. The van der Waals surface area contributed by atoms with E-state index in [9.17, 15) is 0 Å². The Bertz CT molecular complexity index is 442. The molecular formula is C18H28N2. The van der Waals surface area contributed by atoms with Crippen molar-refractivity contribution in [2.24, 2.45) is 0 Å². The highest BCUT2D eigenvalue weighted by molar-refractivity contribution is 5.22. The van der Waals surface area contributed by atoms with Crippen molar-refractivity contribution in [1.82, 2.24) is 10.2 Å². The molecule has 3 rings (SSSR count). The second kappa shape index (κ2) is 5.16. The second-order valence-corrected chi connectivity index (χ2v) is 7.25. The van der Waals surface area contributed by atoms with Gasteiger partial charge in [0.1, 0.15) is 0 Å². The number of benzene rings is 1. The Kier molecular flexibility index (Phi) is 3.64. The maximum absolute atomic E-state index is 3.74. The molecule has 0 bridgehead atoms. The third-order valence-electron chi connectivity index (χ3n) is 5.45. The lowest BCUT2D eigenvalue weighted by molar-refractivity contribution is -0.0577. The van der Waals surface area contributed by atoms with Crippen LogP contribution >= 0.6 is 0 Å². The van der Waals surface area contributed by atoms with Crippen molar-refractivity contribution in [2.75, 3.05) is 13.1 Å². The molecule has 2 aliphatic rings. The van der Waals surface area contributed by atoms with Crippen LogP contribution in [0.2, 0.25) is 0 Å². The molecule has 110 valence electrons. The molecule has 1 aliphatic heterocycles. The standard InChI is InChI=1S/C18H28N2/c1-4-18(11-8-12-18)20-14-17(2,3)19-13-16(20)15-9-6-5-7-10-15/h5-7,9-10,16,19H,4,8,11-14H2,1-3H3. The van der Waals surface area contributed by atoms with E-state index in [1.165, 1.54) is 31.2 Å². The summed E-state index contributed by atoms with van der Waals surface area (Å²) in [6.45, 7) is 9.27. The molecule has 2 heteroatoms. The maximum Gasteiger partial charge on any atom is 0.0479 e. The summed E-state index contributed by atoms with van der Waals surface area (Å²) in [6, 6.07) is 11.6. The van der Waals surface area contributed by atoms with Crippen LogP contribution in [-0.2, 0) is 0 Å². The fourth-order valence-corrected chi connectivity index (χ4v) is 3.98. The monoisotopic (exact) mass is 272 g/mol. The normalized spacial score (nSPS) is 28.9. The predicted octanol–water partition coefficient (Wildman–Crippen LogP) is 3.74. The van der Waals surface area contributed by atoms with Gasteiger partial charge in [-0.05, 0) is 45.1 Å². The van der Waals surface area contributed by atoms with Gasteiger partial charge in [0.15, 0.2) is 0 Å². The summed E-state index contributed by atoms with van der Waals surface area (Å²) in [7, 11) is 0. The van der Waals surface area contributed by atoms with Gasteiger partial charge in [-0.15, -0.1) is 0 Å². The topological polar surface area (TPSA) is 15.3 Å². The zero-order chi connectivity index (χ0) is 14.2. The molecule has 20 heavy (non-hydrogen) atoms. The first kappa shape index (κ1) is 14.1. The Hall–Kier alpha value is -0.860. The van der Waals surface area contributed by atoms with E-state index in [0.717, 1.165) is 13.1 Å². The minimum absolute atomic E-state index is 0.225. The van der Waals surface area contributed by atoms with Gasteiger partial charge in [0, 0.05) is 30.2 Å². The molecule has 1 N–H and O–H groups in total. The number of piperazine rings is 1. The van der Waals surface area contributed by atoms with Crippen molar-refractivity contribution in [3.05, 3.63) is 35.9 Å². The van der Waals surface area contributed by atoms with Crippen LogP contribution in [0.5, 0.6) is 0 Å². The molecule has 0 radical (unpaired) electrons. The van der Waals surface area contributed by atoms with Crippen LogP contribution in [0.25, 0.3) is 0 Å². The van der Waals surface area contributed by atoms with Gasteiger partial charge < -0.3 is 5.32 Å². The largest absolute Gasteiger partial charge is 0.309 e. The molecule has 1 aliphatic carbocycles. The van der Waals surface area contributed by atoms with Gasteiger partial charge in [-0.2, -0.15) is 0 Å². The summed E-state index contributed by atoms with van der Waals surface area (Å²) < 4.78 is 0. The highest BCUT2D eigenvalue weighted by Crippen LogP contribution is 2.46. The van der Waals surface area contributed by atoms with E-state index in [2.05, 4.69) is 61.3 Å². The second-order valence-electron chi connectivity index (χ2n) is 7.25. The summed E-state index contributed by atoms with van der Waals surface area (Å²) in [5.41, 5.74) is 2.15. The average molecular weight is 272 g/mol. The molecule has 1 saturated heterocycles. The minimum Gasteiger partial charge on any atom is -0.309 e. The van der Waals surface area contributed by atoms with Gasteiger partial charge in [0.25, 0.3) is 0 Å². The van der Waals surface area contributed by atoms with Crippen molar-refractivity contribution >= 4 is 0 Å². The Balaban J connectivity index is 1.91. The van der Waals surface area contributed by atoms with Crippen LogP contribution in [0.1, 0.15) is 58.1 Å². The van der Waals surface area contributed by atoms with Crippen molar-refractivity contribution in [3.8, 4) is 0 Å². The highest BCUT2D eigenvalue weighted by atomic mass is 15.3. The van der Waals surface area contributed by atoms with Gasteiger partial charge in [0.2, 0.25) is 0 Å². The van der Waals surface area contributed by atoms with Gasteiger partial charge >= 0.3 is 0 Å². The Morgan fingerprint density at radius 2 is 1.90 bits per heavy atom. The molecule has 0 amide bonds.